The fourth-order valence-electron chi connectivity index (χ4n) is 1.57. The molecule has 0 fully saturated rings. The van der Waals surface area contributed by atoms with Gasteiger partial charge in [-0.1, -0.05) is 0 Å². The first-order chi connectivity index (χ1) is 10.2. The molecule has 7 nitrogen and oxygen atoms in total. The van der Waals surface area contributed by atoms with Crippen LogP contribution in [-0.4, -0.2) is 53.4 Å². The largest absolute Gasteiger partial charge is 0.452 e. The zero-order valence-corrected chi connectivity index (χ0v) is 13.3. The monoisotopic (exact) mass is 307 g/mol. The number of nitrogens with zero attached hydrogens (tertiary/aromatic N) is 2. The summed E-state index contributed by atoms with van der Waals surface area (Å²) in [6.45, 7) is 5.03. The molecule has 0 atom stereocenters. The quantitative estimate of drug-likeness (QED) is 0.805. The van der Waals surface area contributed by atoms with Gasteiger partial charge in [-0.3, -0.25) is 14.6 Å². The van der Waals surface area contributed by atoms with E-state index in [1.807, 2.05) is 20.8 Å². The zero-order chi connectivity index (χ0) is 16.8. The molecule has 1 aromatic heterocycles. The van der Waals surface area contributed by atoms with Crippen molar-refractivity contribution in [3.63, 3.8) is 0 Å². The summed E-state index contributed by atoms with van der Waals surface area (Å²) in [5, 5.41) is 2.75. The second-order valence-electron chi connectivity index (χ2n) is 5.87. The van der Waals surface area contributed by atoms with Gasteiger partial charge in [0.05, 0.1) is 12.1 Å². The third-order valence-corrected chi connectivity index (χ3v) is 2.54. The number of carbonyl (C=O) groups excluding carboxylic acids is 3. The molecular weight excluding hydrogens is 286 g/mol. The molecule has 0 aliphatic heterocycles. The van der Waals surface area contributed by atoms with Crippen LogP contribution >= 0.6 is 0 Å². The second-order valence-corrected chi connectivity index (χ2v) is 5.87. The van der Waals surface area contributed by atoms with Gasteiger partial charge in [-0.2, -0.15) is 0 Å². The Balaban J connectivity index is 2.42. The number of likely N-dealkylation sites (N-methyl/N-ethyl adjacent to an activating group) is 1. The van der Waals surface area contributed by atoms with Crippen LogP contribution in [0.25, 0.3) is 0 Å². The highest BCUT2D eigenvalue weighted by Gasteiger charge is 2.19. The average molecular weight is 307 g/mol. The maximum atomic E-state index is 11.8. The topological polar surface area (TPSA) is 88.6 Å². The van der Waals surface area contributed by atoms with E-state index in [9.17, 15) is 14.4 Å². The molecule has 2 amide bonds. The molecule has 0 saturated carbocycles. The van der Waals surface area contributed by atoms with Gasteiger partial charge in [-0.15, -0.1) is 0 Å². The average Bonchev–Trinajstić information content (AvgIpc) is 2.43. The molecule has 0 radical (unpaired) electrons. The summed E-state index contributed by atoms with van der Waals surface area (Å²) >= 11 is 0. The minimum atomic E-state index is -0.631. The summed E-state index contributed by atoms with van der Waals surface area (Å²) in [6, 6.07) is 3.14. The summed E-state index contributed by atoms with van der Waals surface area (Å²) in [5.74, 6) is -1.36. The van der Waals surface area contributed by atoms with Gasteiger partial charge in [0.1, 0.15) is 0 Å². The number of esters is 1. The summed E-state index contributed by atoms with van der Waals surface area (Å²) in [5.41, 5.74) is -0.100. The zero-order valence-electron chi connectivity index (χ0n) is 13.3. The molecule has 1 N–H and O–H groups in total. The first kappa shape index (κ1) is 17.6. The molecular formula is C15H21N3O4. The number of aromatic nitrogens is 1. The Kier molecular flexibility index (Phi) is 6.03. The highest BCUT2D eigenvalue weighted by Crippen LogP contribution is 2.00. The van der Waals surface area contributed by atoms with Crippen molar-refractivity contribution in [1.29, 1.82) is 0 Å². The molecule has 1 aromatic rings. The smallest absolute Gasteiger partial charge is 0.340 e. The normalized spacial score (nSPS) is 10.7. The van der Waals surface area contributed by atoms with Crippen LogP contribution < -0.4 is 5.32 Å². The van der Waals surface area contributed by atoms with Crippen molar-refractivity contribution in [3.05, 3.63) is 30.1 Å². The first-order valence-corrected chi connectivity index (χ1v) is 6.81. The van der Waals surface area contributed by atoms with E-state index in [0.717, 1.165) is 0 Å². The van der Waals surface area contributed by atoms with Crippen LogP contribution in [0.1, 0.15) is 31.1 Å². The van der Waals surface area contributed by atoms with Crippen LogP contribution in [-0.2, 0) is 14.3 Å². The van der Waals surface area contributed by atoms with Gasteiger partial charge in [0.25, 0.3) is 5.91 Å². The Morgan fingerprint density at radius 3 is 2.55 bits per heavy atom. The van der Waals surface area contributed by atoms with Crippen molar-refractivity contribution in [3.8, 4) is 0 Å². The summed E-state index contributed by atoms with van der Waals surface area (Å²) < 4.78 is 4.89. The van der Waals surface area contributed by atoms with Gasteiger partial charge >= 0.3 is 5.97 Å². The number of nitrogens with one attached hydrogen (secondary N) is 1. The maximum absolute atomic E-state index is 11.8. The predicted molar refractivity (Wildman–Crippen MR) is 80.1 cm³/mol. The number of rotatable bonds is 5. The van der Waals surface area contributed by atoms with Gasteiger partial charge in [-0.05, 0) is 32.9 Å². The maximum Gasteiger partial charge on any atom is 0.340 e. The summed E-state index contributed by atoms with van der Waals surface area (Å²) in [7, 11) is 1.47. The molecule has 0 unspecified atom stereocenters. The van der Waals surface area contributed by atoms with Crippen LogP contribution in [0.4, 0.5) is 0 Å². The lowest BCUT2D eigenvalue weighted by molar-refractivity contribution is -0.137. The lowest BCUT2D eigenvalue weighted by atomic mass is 10.1. The molecule has 0 saturated heterocycles. The van der Waals surface area contributed by atoms with Crippen LogP contribution in [0, 0.1) is 0 Å². The van der Waals surface area contributed by atoms with E-state index in [1.165, 1.54) is 24.3 Å². The van der Waals surface area contributed by atoms with Gasteiger partial charge in [-0.25, -0.2) is 4.79 Å². The molecule has 0 aromatic carbocycles. The number of hydrogen-bond acceptors (Lipinski definition) is 5. The van der Waals surface area contributed by atoms with E-state index in [2.05, 4.69) is 10.3 Å². The summed E-state index contributed by atoms with van der Waals surface area (Å²) in [6.07, 6.45) is 2.89. The van der Waals surface area contributed by atoms with Crippen molar-refractivity contribution in [1.82, 2.24) is 15.2 Å². The Hall–Kier alpha value is -2.44. The minimum absolute atomic E-state index is 0.0967. The number of amides is 2. The Morgan fingerprint density at radius 2 is 2.00 bits per heavy atom. The van der Waals surface area contributed by atoms with Crippen LogP contribution in [0.5, 0.6) is 0 Å². The fraction of sp³-hybridized carbons (Fsp3) is 0.467. The van der Waals surface area contributed by atoms with Crippen molar-refractivity contribution in [2.75, 3.05) is 20.2 Å². The van der Waals surface area contributed by atoms with E-state index in [1.54, 1.807) is 12.1 Å². The van der Waals surface area contributed by atoms with Gasteiger partial charge in [0, 0.05) is 25.0 Å². The second kappa shape index (κ2) is 7.53. The molecule has 7 heteroatoms. The van der Waals surface area contributed by atoms with E-state index in [4.69, 9.17) is 4.74 Å². The summed E-state index contributed by atoms with van der Waals surface area (Å²) in [4.78, 5) is 40.2. The molecule has 0 aliphatic carbocycles. The third kappa shape index (κ3) is 6.34. The number of ether oxygens (including phenoxy) is 1. The van der Waals surface area contributed by atoms with Crippen molar-refractivity contribution in [2.24, 2.45) is 0 Å². The number of hydrogen-bond donors (Lipinski definition) is 1. The Bertz CT molecular complexity index is 537. The van der Waals surface area contributed by atoms with Crippen LogP contribution in [0.15, 0.2) is 24.5 Å². The van der Waals surface area contributed by atoms with E-state index in [0.29, 0.717) is 0 Å². The Labute approximate surface area is 129 Å². The molecule has 22 heavy (non-hydrogen) atoms. The number of pyridine rings is 1. The highest BCUT2D eigenvalue weighted by atomic mass is 16.5. The fourth-order valence-corrected chi connectivity index (χ4v) is 1.57. The van der Waals surface area contributed by atoms with Crippen molar-refractivity contribution >= 4 is 17.8 Å². The molecule has 1 heterocycles. The molecule has 0 aliphatic rings. The molecule has 0 bridgehead atoms. The van der Waals surface area contributed by atoms with Crippen LogP contribution in [0.3, 0.4) is 0 Å². The van der Waals surface area contributed by atoms with E-state index >= 15 is 0 Å². The van der Waals surface area contributed by atoms with Crippen LogP contribution in [0.2, 0.25) is 0 Å². The third-order valence-electron chi connectivity index (χ3n) is 2.54. The van der Waals surface area contributed by atoms with Crippen molar-refractivity contribution in [2.45, 2.75) is 26.3 Å². The van der Waals surface area contributed by atoms with Crippen molar-refractivity contribution < 1.29 is 19.1 Å². The highest BCUT2D eigenvalue weighted by molar-refractivity contribution is 5.91. The standard InChI is InChI=1S/C15H21N3O4/c1-15(2,3)17-12(19)9-18(4)13(20)10-22-14(21)11-6-5-7-16-8-11/h5-8H,9-10H2,1-4H3,(H,17,19). The van der Waals surface area contributed by atoms with Gasteiger partial charge in [0.2, 0.25) is 5.91 Å². The SMILES string of the molecule is CN(CC(=O)NC(C)(C)C)C(=O)COC(=O)c1cccnc1. The lowest BCUT2D eigenvalue weighted by Crippen LogP contribution is -2.46. The van der Waals surface area contributed by atoms with Gasteiger partial charge < -0.3 is 15.0 Å². The first-order valence-electron chi connectivity index (χ1n) is 6.81. The van der Waals surface area contributed by atoms with E-state index in [-0.39, 0.29) is 23.6 Å². The van der Waals surface area contributed by atoms with Gasteiger partial charge in [0.15, 0.2) is 6.61 Å². The molecule has 0 spiro atoms. The lowest BCUT2D eigenvalue weighted by Gasteiger charge is -2.23. The number of carbonyl (C=O) groups is 3. The Morgan fingerprint density at radius 1 is 1.32 bits per heavy atom. The predicted octanol–water partition coefficient (Wildman–Crippen LogP) is 0.612. The molecule has 1 rings (SSSR count). The molecule has 120 valence electrons. The van der Waals surface area contributed by atoms with E-state index < -0.39 is 18.5 Å². The minimum Gasteiger partial charge on any atom is -0.452 e.